The van der Waals surface area contributed by atoms with E-state index in [0.29, 0.717) is 6.04 Å². The Morgan fingerprint density at radius 1 is 1.35 bits per heavy atom. The molecule has 0 spiro atoms. The van der Waals surface area contributed by atoms with E-state index in [4.69, 9.17) is 4.74 Å². The quantitative estimate of drug-likeness (QED) is 0.771. The van der Waals surface area contributed by atoms with Crippen molar-refractivity contribution in [3.8, 4) is 5.75 Å². The molecule has 0 saturated heterocycles. The van der Waals surface area contributed by atoms with Crippen molar-refractivity contribution in [2.24, 2.45) is 0 Å². The zero-order chi connectivity index (χ0) is 14.4. The summed E-state index contributed by atoms with van der Waals surface area (Å²) in [7, 11) is 1.72. The summed E-state index contributed by atoms with van der Waals surface area (Å²) in [6, 6.07) is 10.9. The number of nitrogens with one attached hydrogen (secondary N) is 1. The fraction of sp³-hybridized carbons (Fsp3) is 0.375. The van der Waals surface area contributed by atoms with Gasteiger partial charge in [-0.1, -0.05) is 41.1 Å². The number of halogens is 1. The standard InChI is InChI=1S/C16H20BrNOS/c1-3-8-18-15(16-10-13(19-2)11-20-16)9-12-6-4-5-7-14(12)17/h4-7,10-11,15,18H,3,8-9H2,1-2H3. The molecule has 0 fully saturated rings. The van der Waals surface area contributed by atoms with Crippen LogP contribution in [-0.4, -0.2) is 13.7 Å². The molecule has 20 heavy (non-hydrogen) atoms. The SMILES string of the molecule is CCCNC(Cc1ccccc1Br)c1cc(OC)cs1. The molecule has 0 amide bonds. The van der Waals surface area contributed by atoms with Crippen molar-refractivity contribution in [3.63, 3.8) is 0 Å². The molecule has 1 N–H and O–H groups in total. The highest BCUT2D eigenvalue weighted by Crippen LogP contribution is 2.30. The average Bonchev–Trinajstić information content (AvgIpc) is 2.94. The molecule has 108 valence electrons. The van der Waals surface area contributed by atoms with Gasteiger partial charge in [0.2, 0.25) is 0 Å². The maximum Gasteiger partial charge on any atom is 0.129 e. The molecule has 4 heteroatoms. The van der Waals surface area contributed by atoms with Crippen LogP contribution in [0.3, 0.4) is 0 Å². The Bertz CT molecular complexity index is 541. The smallest absolute Gasteiger partial charge is 0.129 e. The number of benzene rings is 1. The molecule has 0 saturated carbocycles. The Labute approximate surface area is 133 Å². The first-order valence-corrected chi connectivity index (χ1v) is 8.51. The molecule has 0 radical (unpaired) electrons. The Balaban J connectivity index is 2.17. The fourth-order valence-corrected chi connectivity index (χ4v) is 3.48. The summed E-state index contributed by atoms with van der Waals surface area (Å²) in [5.74, 6) is 0.945. The first-order valence-electron chi connectivity index (χ1n) is 6.83. The third-order valence-electron chi connectivity index (χ3n) is 3.20. The molecule has 1 aromatic carbocycles. The minimum absolute atomic E-state index is 0.336. The van der Waals surface area contributed by atoms with Crippen LogP contribution in [0.15, 0.2) is 40.2 Å². The van der Waals surface area contributed by atoms with Crippen LogP contribution >= 0.6 is 27.3 Å². The minimum Gasteiger partial charge on any atom is -0.496 e. The second kappa shape index (κ2) is 7.81. The van der Waals surface area contributed by atoms with Crippen molar-refractivity contribution in [2.75, 3.05) is 13.7 Å². The van der Waals surface area contributed by atoms with Gasteiger partial charge in [-0.15, -0.1) is 11.3 Å². The normalized spacial score (nSPS) is 12.3. The number of methoxy groups -OCH3 is 1. The molecule has 2 aromatic rings. The lowest BCUT2D eigenvalue weighted by Gasteiger charge is -2.18. The summed E-state index contributed by atoms with van der Waals surface area (Å²) in [6.07, 6.45) is 2.11. The summed E-state index contributed by atoms with van der Waals surface area (Å²) >= 11 is 5.39. The van der Waals surface area contributed by atoms with Gasteiger partial charge in [-0.05, 0) is 37.1 Å². The molecule has 2 rings (SSSR count). The maximum atomic E-state index is 5.30. The second-order valence-electron chi connectivity index (χ2n) is 4.69. The average molecular weight is 354 g/mol. The molecule has 1 unspecified atom stereocenters. The van der Waals surface area contributed by atoms with E-state index in [1.807, 2.05) is 0 Å². The molecule has 0 bridgehead atoms. The Hall–Kier alpha value is -0.840. The van der Waals surface area contributed by atoms with Crippen molar-refractivity contribution < 1.29 is 4.74 Å². The number of rotatable bonds is 7. The van der Waals surface area contributed by atoms with Crippen LogP contribution in [0, 0.1) is 0 Å². The molecule has 1 atom stereocenters. The van der Waals surface area contributed by atoms with Gasteiger partial charge in [0.1, 0.15) is 5.75 Å². The van der Waals surface area contributed by atoms with Gasteiger partial charge < -0.3 is 10.1 Å². The lowest BCUT2D eigenvalue weighted by molar-refractivity contribution is 0.415. The first-order chi connectivity index (χ1) is 9.74. The van der Waals surface area contributed by atoms with Crippen LogP contribution in [0.1, 0.15) is 29.8 Å². The van der Waals surface area contributed by atoms with Crippen molar-refractivity contribution in [1.29, 1.82) is 0 Å². The number of hydrogen-bond donors (Lipinski definition) is 1. The van der Waals surface area contributed by atoms with Crippen LogP contribution in [-0.2, 0) is 6.42 Å². The lowest BCUT2D eigenvalue weighted by Crippen LogP contribution is -2.23. The first kappa shape index (κ1) is 15.5. The Morgan fingerprint density at radius 3 is 2.80 bits per heavy atom. The zero-order valence-corrected chi connectivity index (χ0v) is 14.3. The molecule has 2 nitrogen and oxygen atoms in total. The second-order valence-corrected chi connectivity index (χ2v) is 6.49. The zero-order valence-electron chi connectivity index (χ0n) is 11.9. The minimum atomic E-state index is 0.336. The van der Waals surface area contributed by atoms with Gasteiger partial charge in [0.05, 0.1) is 7.11 Å². The van der Waals surface area contributed by atoms with Gasteiger partial charge in [0.15, 0.2) is 0 Å². The lowest BCUT2D eigenvalue weighted by atomic mass is 10.0. The van der Waals surface area contributed by atoms with E-state index in [-0.39, 0.29) is 0 Å². The van der Waals surface area contributed by atoms with Crippen molar-refractivity contribution in [1.82, 2.24) is 5.32 Å². The van der Waals surface area contributed by atoms with Gasteiger partial charge >= 0.3 is 0 Å². The van der Waals surface area contributed by atoms with E-state index in [1.165, 1.54) is 14.9 Å². The predicted octanol–water partition coefficient (Wildman–Crippen LogP) is 4.80. The van der Waals surface area contributed by atoms with E-state index in [0.717, 1.165) is 25.1 Å². The predicted molar refractivity (Wildman–Crippen MR) is 89.8 cm³/mol. The van der Waals surface area contributed by atoms with Crippen molar-refractivity contribution >= 4 is 27.3 Å². The fourth-order valence-electron chi connectivity index (χ4n) is 2.10. The molecular formula is C16H20BrNOS. The summed E-state index contributed by atoms with van der Waals surface area (Å²) in [4.78, 5) is 1.33. The van der Waals surface area contributed by atoms with Crippen LogP contribution in [0.25, 0.3) is 0 Å². The number of ether oxygens (including phenoxy) is 1. The van der Waals surface area contributed by atoms with Crippen LogP contribution in [0.5, 0.6) is 5.75 Å². The monoisotopic (exact) mass is 353 g/mol. The van der Waals surface area contributed by atoms with Gasteiger partial charge in [-0.25, -0.2) is 0 Å². The van der Waals surface area contributed by atoms with Crippen LogP contribution in [0.2, 0.25) is 0 Å². The highest BCUT2D eigenvalue weighted by molar-refractivity contribution is 9.10. The Morgan fingerprint density at radius 2 is 2.15 bits per heavy atom. The van der Waals surface area contributed by atoms with Crippen LogP contribution < -0.4 is 10.1 Å². The highest BCUT2D eigenvalue weighted by atomic mass is 79.9. The Kier molecular flexibility index (Phi) is 6.07. The number of thiophene rings is 1. The summed E-state index contributed by atoms with van der Waals surface area (Å²) in [5.41, 5.74) is 1.33. The van der Waals surface area contributed by atoms with E-state index < -0.39 is 0 Å². The molecule has 0 aliphatic heterocycles. The largest absolute Gasteiger partial charge is 0.496 e. The summed E-state index contributed by atoms with van der Waals surface area (Å²) in [6.45, 7) is 3.22. The van der Waals surface area contributed by atoms with E-state index in [2.05, 4.69) is 63.9 Å². The van der Waals surface area contributed by atoms with Gasteiger partial charge in [0.25, 0.3) is 0 Å². The highest BCUT2D eigenvalue weighted by Gasteiger charge is 2.15. The summed E-state index contributed by atoms with van der Waals surface area (Å²) in [5, 5.41) is 5.70. The van der Waals surface area contributed by atoms with Gasteiger partial charge in [-0.2, -0.15) is 0 Å². The van der Waals surface area contributed by atoms with Gasteiger partial charge in [0, 0.05) is 20.8 Å². The number of hydrogen-bond acceptors (Lipinski definition) is 3. The van der Waals surface area contributed by atoms with Crippen LogP contribution in [0.4, 0.5) is 0 Å². The van der Waals surface area contributed by atoms with E-state index in [1.54, 1.807) is 18.4 Å². The van der Waals surface area contributed by atoms with Crippen molar-refractivity contribution in [3.05, 3.63) is 50.6 Å². The molecular weight excluding hydrogens is 334 g/mol. The van der Waals surface area contributed by atoms with Gasteiger partial charge in [-0.3, -0.25) is 0 Å². The molecule has 1 heterocycles. The molecule has 0 aliphatic carbocycles. The third-order valence-corrected chi connectivity index (χ3v) is 5.00. The molecule has 1 aromatic heterocycles. The maximum absolute atomic E-state index is 5.30. The topological polar surface area (TPSA) is 21.3 Å². The van der Waals surface area contributed by atoms with E-state index >= 15 is 0 Å². The van der Waals surface area contributed by atoms with E-state index in [9.17, 15) is 0 Å². The molecule has 0 aliphatic rings. The van der Waals surface area contributed by atoms with Crippen molar-refractivity contribution in [2.45, 2.75) is 25.8 Å². The third kappa shape index (κ3) is 4.08. The summed E-state index contributed by atoms with van der Waals surface area (Å²) < 4.78 is 6.47.